The van der Waals surface area contributed by atoms with E-state index in [4.69, 9.17) is 5.73 Å². The number of urea groups is 1. The fourth-order valence-corrected chi connectivity index (χ4v) is 2.34. The number of nitrogens with one attached hydrogen (secondary N) is 1. The molecule has 2 fully saturated rings. The van der Waals surface area contributed by atoms with Crippen LogP contribution in [0.25, 0.3) is 0 Å². The monoisotopic (exact) mass is 225 g/mol. The molecule has 0 spiro atoms. The molecular weight excluding hydrogens is 202 g/mol. The molecule has 0 aromatic carbocycles. The molecule has 16 heavy (non-hydrogen) atoms. The number of carbonyl (C=O) groups is 1. The molecule has 1 aliphatic carbocycles. The predicted octanol–water partition coefficient (Wildman–Crippen LogP) is 1.31. The van der Waals surface area contributed by atoms with Gasteiger partial charge in [-0.25, -0.2) is 4.79 Å². The molecule has 1 saturated carbocycles. The molecule has 1 heterocycles. The van der Waals surface area contributed by atoms with Crippen molar-refractivity contribution in [1.29, 1.82) is 0 Å². The highest BCUT2D eigenvalue weighted by Crippen LogP contribution is 2.31. The molecule has 4 heteroatoms. The van der Waals surface area contributed by atoms with Gasteiger partial charge >= 0.3 is 6.03 Å². The fourth-order valence-electron chi connectivity index (χ4n) is 2.34. The van der Waals surface area contributed by atoms with Gasteiger partial charge in [-0.15, -0.1) is 0 Å². The van der Waals surface area contributed by atoms with E-state index in [1.54, 1.807) is 0 Å². The van der Waals surface area contributed by atoms with Gasteiger partial charge in [-0.2, -0.15) is 0 Å². The maximum atomic E-state index is 11.7. The van der Waals surface area contributed by atoms with Crippen molar-refractivity contribution in [2.75, 3.05) is 13.1 Å². The molecule has 2 rings (SSSR count). The average Bonchev–Trinajstić information content (AvgIpc) is 2.39. The SMILES string of the molecule is CC(C)(N)CCN1CC(C2CCC2)NC1=O. The topological polar surface area (TPSA) is 58.4 Å². The quantitative estimate of drug-likeness (QED) is 0.758. The Morgan fingerprint density at radius 1 is 1.50 bits per heavy atom. The van der Waals surface area contributed by atoms with Crippen molar-refractivity contribution >= 4 is 6.03 Å². The highest BCUT2D eigenvalue weighted by Gasteiger charge is 2.36. The molecule has 1 aliphatic heterocycles. The minimum atomic E-state index is -0.186. The summed E-state index contributed by atoms with van der Waals surface area (Å²) in [5.41, 5.74) is 5.75. The summed E-state index contributed by atoms with van der Waals surface area (Å²) in [6.45, 7) is 5.66. The maximum Gasteiger partial charge on any atom is 0.317 e. The van der Waals surface area contributed by atoms with Crippen LogP contribution in [-0.4, -0.2) is 35.6 Å². The summed E-state index contributed by atoms with van der Waals surface area (Å²) in [7, 11) is 0. The first kappa shape index (κ1) is 11.7. The van der Waals surface area contributed by atoms with Crippen molar-refractivity contribution < 1.29 is 4.79 Å². The molecule has 92 valence electrons. The van der Waals surface area contributed by atoms with Gasteiger partial charge < -0.3 is 16.0 Å². The Balaban J connectivity index is 1.80. The van der Waals surface area contributed by atoms with E-state index in [1.165, 1.54) is 19.3 Å². The third kappa shape index (κ3) is 2.67. The zero-order valence-corrected chi connectivity index (χ0v) is 10.3. The normalized spacial score (nSPS) is 26.8. The Labute approximate surface area is 97.6 Å². The lowest BCUT2D eigenvalue weighted by Crippen LogP contribution is -2.38. The lowest BCUT2D eigenvalue weighted by molar-refractivity contribution is 0.212. The van der Waals surface area contributed by atoms with Crippen LogP contribution in [0.5, 0.6) is 0 Å². The van der Waals surface area contributed by atoms with Crippen molar-refractivity contribution in [2.45, 2.75) is 51.1 Å². The van der Waals surface area contributed by atoms with E-state index in [0.29, 0.717) is 6.04 Å². The van der Waals surface area contributed by atoms with Crippen molar-refractivity contribution in [1.82, 2.24) is 10.2 Å². The summed E-state index contributed by atoms with van der Waals surface area (Å²) in [4.78, 5) is 13.6. The number of amides is 2. The number of carbonyl (C=O) groups excluding carboxylic acids is 1. The van der Waals surface area contributed by atoms with Gasteiger partial charge in [-0.05, 0) is 39.0 Å². The molecule has 1 unspecified atom stereocenters. The summed E-state index contributed by atoms with van der Waals surface area (Å²) >= 11 is 0. The van der Waals surface area contributed by atoms with E-state index in [0.717, 1.165) is 25.4 Å². The molecule has 1 atom stereocenters. The molecule has 0 aromatic rings. The van der Waals surface area contributed by atoms with Crippen LogP contribution in [0.3, 0.4) is 0 Å². The Kier molecular flexibility index (Phi) is 3.10. The minimum Gasteiger partial charge on any atom is -0.333 e. The largest absolute Gasteiger partial charge is 0.333 e. The Hall–Kier alpha value is -0.770. The van der Waals surface area contributed by atoms with Crippen molar-refractivity contribution in [3.05, 3.63) is 0 Å². The van der Waals surface area contributed by atoms with E-state index in [1.807, 2.05) is 18.7 Å². The summed E-state index contributed by atoms with van der Waals surface area (Å²) in [5, 5.41) is 3.09. The lowest BCUT2D eigenvalue weighted by Gasteiger charge is -2.30. The standard InChI is InChI=1S/C12H23N3O/c1-12(2,13)6-7-15-8-10(14-11(15)16)9-4-3-5-9/h9-10H,3-8,13H2,1-2H3,(H,14,16). The van der Waals surface area contributed by atoms with Crippen molar-refractivity contribution in [3.63, 3.8) is 0 Å². The first-order valence-corrected chi connectivity index (χ1v) is 6.30. The van der Waals surface area contributed by atoms with E-state index in [9.17, 15) is 4.79 Å². The Morgan fingerprint density at radius 2 is 2.19 bits per heavy atom. The molecule has 0 aromatic heterocycles. The fraction of sp³-hybridized carbons (Fsp3) is 0.917. The van der Waals surface area contributed by atoms with Gasteiger partial charge in [0.15, 0.2) is 0 Å². The Bertz CT molecular complexity index is 268. The van der Waals surface area contributed by atoms with E-state index >= 15 is 0 Å². The highest BCUT2D eigenvalue weighted by atomic mass is 16.2. The highest BCUT2D eigenvalue weighted by molar-refractivity contribution is 5.77. The second-order valence-electron chi connectivity index (χ2n) is 5.93. The van der Waals surface area contributed by atoms with Crippen molar-refractivity contribution in [2.24, 2.45) is 11.7 Å². The van der Waals surface area contributed by atoms with Crippen molar-refractivity contribution in [3.8, 4) is 0 Å². The Morgan fingerprint density at radius 3 is 2.69 bits per heavy atom. The molecule has 2 amide bonds. The number of rotatable bonds is 4. The third-order valence-electron chi connectivity index (χ3n) is 3.76. The first-order valence-electron chi connectivity index (χ1n) is 6.30. The number of nitrogens with zero attached hydrogens (tertiary/aromatic N) is 1. The van der Waals surface area contributed by atoms with Gasteiger partial charge in [0.05, 0.1) is 6.04 Å². The number of nitrogens with two attached hydrogens (primary N) is 1. The molecule has 0 radical (unpaired) electrons. The molecule has 2 aliphatic rings. The van der Waals surface area contributed by atoms with Crippen LogP contribution in [0.1, 0.15) is 39.5 Å². The summed E-state index contributed by atoms with van der Waals surface area (Å²) in [6, 6.07) is 0.489. The van der Waals surface area contributed by atoms with Crippen LogP contribution < -0.4 is 11.1 Å². The molecular formula is C12H23N3O. The minimum absolute atomic E-state index is 0.0983. The van der Waals surface area contributed by atoms with Gasteiger partial charge in [-0.1, -0.05) is 6.42 Å². The first-order chi connectivity index (χ1) is 7.46. The van der Waals surface area contributed by atoms with Gasteiger partial charge in [-0.3, -0.25) is 0 Å². The van der Waals surface area contributed by atoms with Crippen LogP contribution in [-0.2, 0) is 0 Å². The molecule has 0 bridgehead atoms. The zero-order chi connectivity index (χ0) is 11.8. The van der Waals surface area contributed by atoms with Gasteiger partial charge in [0.25, 0.3) is 0 Å². The van der Waals surface area contributed by atoms with Crippen LogP contribution in [0.2, 0.25) is 0 Å². The van der Waals surface area contributed by atoms with Crippen LogP contribution in [0, 0.1) is 5.92 Å². The van der Waals surface area contributed by atoms with Gasteiger partial charge in [0.2, 0.25) is 0 Å². The molecule has 1 saturated heterocycles. The maximum absolute atomic E-state index is 11.7. The smallest absolute Gasteiger partial charge is 0.317 e. The average molecular weight is 225 g/mol. The van der Waals surface area contributed by atoms with Gasteiger partial charge in [0, 0.05) is 18.6 Å². The predicted molar refractivity (Wildman–Crippen MR) is 64.1 cm³/mol. The van der Waals surface area contributed by atoms with E-state index in [2.05, 4.69) is 5.32 Å². The summed E-state index contributed by atoms with van der Waals surface area (Å²) in [5.74, 6) is 0.722. The molecule has 3 N–H and O–H groups in total. The van der Waals surface area contributed by atoms with E-state index < -0.39 is 0 Å². The van der Waals surface area contributed by atoms with Crippen LogP contribution in [0.15, 0.2) is 0 Å². The van der Waals surface area contributed by atoms with Gasteiger partial charge in [0.1, 0.15) is 0 Å². The molecule has 4 nitrogen and oxygen atoms in total. The second-order valence-corrected chi connectivity index (χ2v) is 5.93. The second kappa shape index (κ2) is 4.24. The van der Waals surface area contributed by atoms with E-state index in [-0.39, 0.29) is 11.6 Å². The van der Waals surface area contributed by atoms with Crippen LogP contribution >= 0.6 is 0 Å². The third-order valence-corrected chi connectivity index (χ3v) is 3.76. The lowest BCUT2D eigenvalue weighted by atomic mass is 9.80. The zero-order valence-electron chi connectivity index (χ0n) is 10.3. The number of hydrogen-bond acceptors (Lipinski definition) is 2. The van der Waals surface area contributed by atoms with Crippen LogP contribution in [0.4, 0.5) is 4.79 Å². The summed E-state index contributed by atoms with van der Waals surface area (Å²) < 4.78 is 0. The number of hydrogen-bond donors (Lipinski definition) is 2. The summed E-state index contributed by atoms with van der Waals surface area (Å²) in [6.07, 6.45) is 4.74.